The summed E-state index contributed by atoms with van der Waals surface area (Å²) in [5.41, 5.74) is -0.362. The molecule has 3 aliphatic heterocycles. The molecule has 0 spiro atoms. The van der Waals surface area contributed by atoms with E-state index in [0.717, 1.165) is 23.3 Å². The molecule has 1 aliphatic carbocycles. The molecule has 28 heavy (non-hydrogen) atoms. The number of fused-ring (bicyclic) bond motifs is 3. The topological polar surface area (TPSA) is 78.0 Å². The van der Waals surface area contributed by atoms with Gasteiger partial charge in [0.05, 0.1) is 11.8 Å². The van der Waals surface area contributed by atoms with Gasteiger partial charge in [0, 0.05) is 19.6 Å². The van der Waals surface area contributed by atoms with Crippen LogP contribution in [0.15, 0.2) is 30.3 Å². The van der Waals surface area contributed by atoms with Crippen molar-refractivity contribution in [2.45, 2.75) is 37.9 Å². The summed E-state index contributed by atoms with van der Waals surface area (Å²) in [5.74, 6) is -2.16. The van der Waals surface area contributed by atoms with E-state index < -0.39 is 17.4 Å². The summed E-state index contributed by atoms with van der Waals surface area (Å²) >= 11 is 0. The lowest BCUT2D eigenvalue weighted by Gasteiger charge is -2.47. The first-order valence-electron chi connectivity index (χ1n) is 9.82. The highest BCUT2D eigenvalue weighted by Gasteiger charge is 2.73. The van der Waals surface area contributed by atoms with Crippen LogP contribution in [-0.2, 0) is 25.7 Å². The minimum absolute atomic E-state index is 0.00972. The third-order valence-corrected chi connectivity index (χ3v) is 6.98. The van der Waals surface area contributed by atoms with Crippen molar-refractivity contribution in [2.24, 2.45) is 17.8 Å². The van der Waals surface area contributed by atoms with Crippen LogP contribution in [0.4, 0.5) is 0 Å². The van der Waals surface area contributed by atoms with Gasteiger partial charge in [0.15, 0.2) is 0 Å². The number of benzene rings is 1. The van der Waals surface area contributed by atoms with E-state index in [1.54, 1.807) is 11.8 Å². The van der Waals surface area contributed by atoms with Gasteiger partial charge >= 0.3 is 0 Å². The maximum Gasteiger partial charge on any atom is 0.249 e. The van der Waals surface area contributed by atoms with Crippen LogP contribution in [-0.4, -0.2) is 63.5 Å². The van der Waals surface area contributed by atoms with E-state index in [1.807, 2.05) is 30.3 Å². The Bertz CT molecular complexity index is 896. The quantitative estimate of drug-likeness (QED) is 0.720. The van der Waals surface area contributed by atoms with Crippen LogP contribution in [0.3, 0.4) is 0 Å². The predicted molar refractivity (Wildman–Crippen MR) is 98.4 cm³/mol. The lowest BCUT2D eigenvalue weighted by molar-refractivity contribution is -0.168. The summed E-state index contributed by atoms with van der Waals surface area (Å²) in [7, 11) is 1.48. The standard InChI is InChI=1S/C21H23N3O4/c1-21-16-15(18(26)22(2)19(16)27)17(13-8-9-13)24(21)14(25)11-23(20(21)28)10-12-6-4-3-5-7-12/h3-7,13,15-17H,8-11H2,1-2H3/t15-,16-,17-,21-/m1/s1. The van der Waals surface area contributed by atoms with Crippen LogP contribution >= 0.6 is 0 Å². The van der Waals surface area contributed by atoms with Gasteiger partial charge in [-0.25, -0.2) is 0 Å². The van der Waals surface area contributed by atoms with Gasteiger partial charge in [-0.15, -0.1) is 0 Å². The molecule has 7 nitrogen and oxygen atoms in total. The highest BCUT2D eigenvalue weighted by molar-refractivity contribution is 6.12. The van der Waals surface area contributed by atoms with E-state index in [1.165, 1.54) is 11.9 Å². The van der Waals surface area contributed by atoms with E-state index in [0.29, 0.717) is 6.54 Å². The van der Waals surface area contributed by atoms with E-state index in [-0.39, 0.29) is 42.1 Å². The first-order chi connectivity index (χ1) is 13.4. The predicted octanol–water partition coefficient (Wildman–Crippen LogP) is 0.639. The second kappa shape index (κ2) is 5.65. The van der Waals surface area contributed by atoms with Crippen molar-refractivity contribution >= 4 is 23.6 Å². The van der Waals surface area contributed by atoms with Gasteiger partial charge in [0.1, 0.15) is 12.1 Å². The summed E-state index contributed by atoms with van der Waals surface area (Å²) in [6, 6.07) is 9.16. The highest BCUT2D eigenvalue weighted by atomic mass is 16.2. The highest BCUT2D eigenvalue weighted by Crippen LogP contribution is 2.56. The summed E-state index contributed by atoms with van der Waals surface area (Å²) in [4.78, 5) is 56.9. The van der Waals surface area contributed by atoms with Crippen molar-refractivity contribution in [3.8, 4) is 0 Å². The molecule has 7 heteroatoms. The number of rotatable bonds is 3. The Balaban J connectivity index is 1.57. The van der Waals surface area contributed by atoms with Crippen molar-refractivity contribution < 1.29 is 19.2 Å². The molecule has 1 saturated carbocycles. The maximum absolute atomic E-state index is 13.6. The van der Waals surface area contributed by atoms with E-state index in [4.69, 9.17) is 0 Å². The van der Waals surface area contributed by atoms with Gasteiger partial charge < -0.3 is 9.80 Å². The smallest absolute Gasteiger partial charge is 0.249 e. The molecule has 0 unspecified atom stereocenters. The number of likely N-dealkylation sites (tertiary alicyclic amines) is 1. The van der Waals surface area contributed by atoms with Crippen molar-refractivity contribution in [3.63, 3.8) is 0 Å². The molecule has 4 aliphatic rings. The monoisotopic (exact) mass is 381 g/mol. The van der Waals surface area contributed by atoms with Crippen LogP contribution in [0, 0.1) is 17.8 Å². The molecule has 0 radical (unpaired) electrons. The average Bonchev–Trinajstić information content (AvgIpc) is 3.44. The number of carbonyl (C=O) groups excluding carboxylic acids is 4. The normalized spacial score (nSPS) is 34.9. The lowest BCUT2D eigenvalue weighted by Crippen LogP contribution is -2.68. The van der Waals surface area contributed by atoms with Crippen LogP contribution in [0.5, 0.6) is 0 Å². The molecule has 4 atom stereocenters. The van der Waals surface area contributed by atoms with Gasteiger partial charge in [-0.05, 0) is 31.2 Å². The Morgan fingerprint density at radius 2 is 1.71 bits per heavy atom. The largest absolute Gasteiger partial charge is 0.327 e. The summed E-state index contributed by atoms with van der Waals surface area (Å²) < 4.78 is 0. The molecule has 3 saturated heterocycles. The Labute approximate surface area is 163 Å². The van der Waals surface area contributed by atoms with Gasteiger partial charge in [-0.1, -0.05) is 30.3 Å². The minimum Gasteiger partial charge on any atom is -0.327 e. The Morgan fingerprint density at radius 1 is 1.04 bits per heavy atom. The Morgan fingerprint density at radius 3 is 2.36 bits per heavy atom. The summed E-state index contributed by atoms with van der Waals surface area (Å²) in [6.45, 7) is 2.00. The van der Waals surface area contributed by atoms with Crippen molar-refractivity contribution in [2.75, 3.05) is 13.6 Å². The second-order valence-electron chi connectivity index (χ2n) is 8.63. The molecule has 146 valence electrons. The number of nitrogens with zero attached hydrogens (tertiary/aromatic N) is 3. The summed E-state index contributed by atoms with van der Waals surface area (Å²) in [5, 5.41) is 0. The molecule has 4 amide bonds. The molecular weight excluding hydrogens is 358 g/mol. The Kier molecular flexibility index (Phi) is 3.51. The number of imide groups is 1. The fourth-order valence-electron chi connectivity index (χ4n) is 5.56. The molecule has 0 N–H and O–H groups in total. The maximum atomic E-state index is 13.6. The number of carbonyl (C=O) groups is 4. The van der Waals surface area contributed by atoms with Crippen LogP contribution in [0.25, 0.3) is 0 Å². The zero-order chi connectivity index (χ0) is 19.8. The third-order valence-electron chi connectivity index (χ3n) is 6.98. The van der Waals surface area contributed by atoms with Gasteiger partial charge in [-0.3, -0.25) is 24.1 Å². The molecule has 0 bridgehead atoms. The molecule has 0 aromatic heterocycles. The molecular formula is C21H23N3O4. The van der Waals surface area contributed by atoms with Gasteiger partial charge in [0.25, 0.3) is 0 Å². The fourth-order valence-corrected chi connectivity index (χ4v) is 5.56. The van der Waals surface area contributed by atoms with Crippen LogP contribution < -0.4 is 0 Å². The lowest BCUT2D eigenvalue weighted by atomic mass is 9.79. The van der Waals surface area contributed by atoms with Crippen molar-refractivity contribution in [1.29, 1.82) is 0 Å². The van der Waals surface area contributed by atoms with Crippen molar-refractivity contribution in [3.05, 3.63) is 35.9 Å². The first kappa shape index (κ1) is 17.4. The van der Waals surface area contributed by atoms with Gasteiger partial charge in [0.2, 0.25) is 23.6 Å². The fraction of sp³-hybridized carbons (Fsp3) is 0.524. The summed E-state index contributed by atoms with van der Waals surface area (Å²) in [6.07, 6.45) is 1.86. The molecule has 5 rings (SSSR count). The first-order valence-corrected chi connectivity index (χ1v) is 9.82. The van der Waals surface area contributed by atoms with Crippen LogP contribution in [0.1, 0.15) is 25.3 Å². The molecule has 4 fully saturated rings. The second-order valence-corrected chi connectivity index (χ2v) is 8.63. The SMILES string of the molecule is CN1C(=O)[C@H]2[C@@H](C3CC3)N3C(=O)CN(Cc4ccccc4)C(=O)[C@@]3(C)[C@H]2C1=O. The van der Waals surface area contributed by atoms with E-state index in [9.17, 15) is 19.2 Å². The Hall–Kier alpha value is -2.70. The molecule has 1 aromatic rings. The molecule has 3 heterocycles. The number of piperazine rings is 1. The minimum atomic E-state index is -1.29. The number of amides is 4. The van der Waals surface area contributed by atoms with Crippen molar-refractivity contribution in [1.82, 2.24) is 14.7 Å². The zero-order valence-electron chi connectivity index (χ0n) is 16.0. The number of hydrogen-bond donors (Lipinski definition) is 0. The zero-order valence-corrected chi connectivity index (χ0v) is 16.0. The van der Waals surface area contributed by atoms with Gasteiger partial charge in [-0.2, -0.15) is 0 Å². The van der Waals surface area contributed by atoms with E-state index in [2.05, 4.69) is 0 Å². The molecule has 1 aromatic carbocycles. The third kappa shape index (κ3) is 2.10. The number of hydrogen-bond acceptors (Lipinski definition) is 4. The van der Waals surface area contributed by atoms with E-state index >= 15 is 0 Å². The van der Waals surface area contributed by atoms with Crippen LogP contribution in [0.2, 0.25) is 0 Å². The average molecular weight is 381 g/mol.